The number of hydrogen-bond donors (Lipinski definition) is 1. The number of carboxylic acid groups (broad SMARTS) is 1. The minimum absolute atomic E-state index is 0.0444. The summed E-state index contributed by atoms with van der Waals surface area (Å²) in [5.74, 6) is -1.70. The lowest BCUT2D eigenvalue weighted by Gasteiger charge is -2.37. The number of carboxylic acids is 1. The lowest BCUT2D eigenvalue weighted by atomic mass is 9.75. The largest absolute Gasteiger partial charge is 0.478 e. The molecule has 1 heterocycles. The highest BCUT2D eigenvalue weighted by Gasteiger charge is 2.35. The zero-order valence-corrected chi connectivity index (χ0v) is 18.0. The molecular formula is C24H22ClFN2O4. The molecule has 8 heteroatoms. The van der Waals surface area contributed by atoms with Crippen LogP contribution in [-0.4, -0.2) is 41.6 Å². The Labute approximate surface area is 190 Å². The number of likely N-dealkylation sites (tertiary alicyclic amines) is 1. The quantitative estimate of drug-likeness (QED) is 0.379. The van der Waals surface area contributed by atoms with Gasteiger partial charge in [0.25, 0.3) is 0 Å². The van der Waals surface area contributed by atoms with Crippen molar-refractivity contribution in [3.8, 4) is 11.8 Å². The Morgan fingerprint density at radius 1 is 1.22 bits per heavy atom. The number of hydrogen-bond acceptors (Lipinski definition) is 5. The second-order valence-electron chi connectivity index (χ2n) is 7.80. The van der Waals surface area contributed by atoms with Crippen molar-refractivity contribution in [2.24, 2.45) is 5.41 Å². The Balaban J connectivity index is 1.58. The summed E-state index contributed by atoms with van der Waals surface area (Å²) in [6.45, 7) is 1.15. The van der Waals surface area contributed by atoms with E-state index >= 15 is 0 Å². The number of halogens is 2. The van der Waals surface area contributed by atoms with Crippen LogP contribution in [0.25, 0.3) is 6.08 Å². The zero-order chi connectivity index (χ0) is 23.1. The van der Waals surface area contributed by atoms with Crippen molar-refractivity contribution >= 4 is 29.6 Å². The summed E-state index contributed by atoms with van der Waals surface area (Å²) in [7, 11) is 0. The molecule has 0 saturated carbocycles. The number of rotatable bonds is 7. The van der Waals surface area contributed by atoms with E-state index in [-0.39, 0.29) is 18.1 Å². The average molecular weight is 457 g/mol. The van der Waals surface area contributed by atoms with Gasteiger partial charge in [0.1, 0.15) is 11.6 Å². The number of nitrogens with zero attached hydrogens (tertiary/aromatic N) is 2. The molecule has 2 aromatic carbocycles. The Hall–Kier alpha value is -3.21. The Bertz CT molecular complexity index is 1050. The van der Waals surface area contributed by atoms with Crippen molar-refractivity contribution in [2.75, 3.05) is 19.6 Å². The van der Waals surface area contributed by atoms with E-state index in [0.717, 1.165) is 11.6 Å². The van der Waals surface area contributed by atoms with E-state index in [1.165, 1.54) is 30.3 Å². The number of ether oxygens (including phenoxy) is 1. The minimum Gasteiger partial charge on any atom is -0.478 e. The first-order valence-corrected chi connectivity index (χ1v) is 10.5. The van der Waals surface area contributed by atoms with Gasteiger partial charge in [-0.05, 0) is 61.2 Å². The second kappa shape index (κ2) is 10.4. The van der Waals surface area contributed by atoms with Gasteiger partial charge in [0.2, 0.25) is 0 Å². The summed E-state index contributed by atoms with van der Waals surface area (Å²) in [4.78, 5) is 25.2. The van der Waals surface area contributed by atoms with Crippen molar-refractivity contribution in [2.45, 2.75) is 19.3 Å². The van der Waals surface area contributed by atoms with Crippen LogP contribution in [-0.2, 0) is 16.0 Å². The molecule has 6 nitrogen and oxygen atoms in total. The van der Waals surface area contributed by atoms with E-state index in [1.54, 1.807) is 18.2 Å². The molecule has 0 unspecified atom stereocenters. The monoisotopic (exact) mass is 456 g/mol. The third kappa shape index (κ3) is 6.39. The number of nitriles is 1. The van der Waals surface area contributed by atoms with Crippen LogP contribution < -0.4 is 4.74 Å². The van der Waals surface area contributed by atoms with Crippen LogP contribution in [0, 0.1) is 22.6 Å². The molecule has 0 spiro atoms. The molecule has 2 aromatic rings. The van der Waals surface area contributed by atoms with Crippen LogP contribution >= 0.6 is 11.6 Å². The predicted molar refractivity (Wildman–Crippen MR) is 118 cm³/mol. The molecule has 0 radical (unpaired) electrons. The summed E-state index contributed by atoms with van der Waals surface area (Å²) in [5.41, 5.74) is 0.739. The van der Waals surface area contributed by atoms with E-state index in [4.69, 9.17) is 21.4 Å². The van der Waals surface area contributed by atoms with Gasteiger partial charge in [-0.1, -0.05) is 23.7 Å². The number of carbonyl (C=O) groups excluding carboxylic acids is 1. The summed E-state index contributed by atoms with van der Waals surface area (Å²) in [5, 5.41) is 19.0. The topological polar surface area (TPSA) is 90.6 Å². The van der Waals surface area contributed by atoms with E-state index in [0.29, 0.717) is 42.9 Å². The molecule has 0 bridgehead atoms. The molecule has 1 N–H and O–H groups in total. The summed E-state index contributed by atoms with van der Waals surface area (Å²) in [6, 6.07) is 13.2. The van der Waals surface area contributed by atoms with Crippen LogP contribution in [0.5, 0.6) is 5.75 Å². The Kier molecular flexibility index (Phi) is 7.62. The summed E-state index contributed by atoms with van der Waals surface area (Å²) in [6.07, 6.45) is 3.96. The smallest absolute Gasteiger partial charge is 0.328 e. The van der Waals surface area contributed by atoms with Gasteiger partial charge in [0.05, 0.1) is 18.0 Å². The van der Waals surface area contributed by atoms with Crippen molar-refractivity contribution in [1.82, 2.24) is 4.90 Å². The average Bonchev–Trinajstić information content (AvgIpc) is 2.77. The van der Waals surface area contributed by atoms with Crippen LogP contribution in [0.15, 0.2) is 48.5 Å². The standard InChI is InChI=1S/C24H22ClFN2O4/c25-19-4-7-21(18(13-19)3-8-22(29)30)32-23(31)15-28-11-9-24(16-27,10-12-28)14-17-1-5-20(26)6-2-17/h1-8,13H,9-12,14-15H2,(H,29,30). The van der Waals surface area contributed by atoms with Gasteiger partial charge in [-0.15, -0.1) is 0 Å². The normalized spacial score (nSPS) is 15.9. The van der Waals surface area contributed by atoms with Crippen molar-refractivity contribution in [3.05, 3.63) is 70.5 Å². The molecule has 0 atom stereocenters. The van der Waals surface area contributed by atoms with Crippen LogP contribution in [0.2, 0.25) is 5.02 Å². The third-order valence-corrected chi connectivity index (χ3v) is 5.70. The fourth-order valence-electron chi connectivity index (χ4n) is 3.70. The fourth-order valence-corrected chi connectivity index (χ4v) is 3.88. The lowest BCUT2D eigenvalue weighted by Crippen LogP contribution is -2.43. The number of benzene rings is 2. The van der Waals surface area contributed by atoms with Crippen molar-refractivity contribution in [3.63, 3.8) is 0 Å². The molecule has 1 saturated heterocycles. The molecule has 166 valence electrons. The maximum Gasteiger partial charge on any atom is 0.328 e. The van der Waals surface area contributed by atoms with Gasteiger partial charge < -0.3 is 9.84 Å². The molecule has 3 rings (SSSR count). The third-order valence-electron chi connectivity index (χ3n) is 5.46. The van der Waals surface area contributed by atoms with Crippen LogP contribution in [0.3, 0.4) is 0 Å². The van der Waals surface area contributed by atoms with Crippen molar-refractivity contribution < 1.29 is 23.8 Å². The Morgan fingerprint density at radius 2 is 1.91 bits per heavy atom. The van der Waals surface area contributed by atoms with E-state index in [9.17, 15) is 19.2 Å². The first-order chi connectivity index (χ1) is 15.3. The van der Waals surface area contributed by atoms with E-state index in [2.05, 4.69) is 6.07 Å². The molecule has 1 fully saturated rings. The van der Waals surface area contributed by atoms with Crippen LogP contribution in [0.4, 0.5) is 4.39 Å². The van der Waals surface area contributed by atoms with Gasteiger partial charge in [0, 0.05) is 29.8 Å². The SMILES string of the molecule is N#CC1(Cc2ccc(F)cc2)CCN(CC(=O)Oc2ccc(Cl)cc2C=CC(=O)O)CC1. The van der Waals surface area contributed by atoms with Gasteiger partial charge in [-0.25, -0.2) is 9.18 Å². The predicted octanol–water partition coefficient (Wildman–Crippen LogP) is 4.33. The Morgan fingerprint density at radius 3 is 2.53 bits per heavy atom. The molecular weight excluding hydrogens is 435 g/mol. The highest BCUT2D eigenvalue weighted by atomic mass is 35.5. The van der Waals surface area contributed by atoms with E-state index < -0.39 is 17.4 Å². The number of piperidine rings is 1. The van der Waals surface area contributed by atoms with Gasteiger partial charge in [-0.3, -0.25) is 9.69 Å². The molecule has 32 heavy (non-hydrogen) atoms. The first-order valence-electron chi connectivity index (χ1n) is 10.1. The van der Waals surface area contributed by atoms with Crippen LogP contribution in [0.1, 0.15) is 24.0 Å². The number of carbonyl (C=O) groups is 2. The zero-order valence-electron chi connectivity index (χ0n) is 17.3. The molecule has 0 aliphatic carbocycles. The highest BCUT2D eigenvalue weighted by molar-refractivity contribution is 6.30. The van der Waals surface area contributed by atoms with Gasteiger partial charge in [-0.2, -0.15) is 5.26 Å². The van der Waals surface area contributed by atoms with E-state index in [1.807, 2.05) is 4.90 Å². The van der Waals surface area contributed by atoms with Gasteiger partial charge >= 0.3 is 11.9 Å². The maximum absolute atomic E-state index is 13.1. The highest BCUT2D eigenvalue weighted by Crippen LogP contribution is 2.34. The second-order valence-corrected chi connectivity index (χ2v) is 8.24. The van der Waals surface area contributed by atoms with Crippen molar-refractivity contribution in [1.29, 1.82) is 5.26 Å². The summed E-state index contributed by atoms with van der Waals surface area (Å²) >= 11 is 5.96. The lowest BCUT2D eigenvalue weighted by molar-refractivity contribution is -0.136. The number of esters is 1. The maximum atomic E-state index is 13.1. The molecule has 0 aromatic heterocycles. The molecule has 1 aliphatic heterocycles. The number of aliphatic carboxylic acids is 1. The molecule has 0 amide bonds. The summed E-state index contributed by atoms with van der Waals surface area (Å²) < 4.78 is 18.6. The molecule has 1 aliphatic rings. The van der Waals surface area contributed by atoms with Gasteiger partial charge in [0.15, 0.2) is 0 Å². The fraction of sp³-hybridized carbons (Fsp3) is 0.292. The first kappa shape index (κ1) is 23.5. The minimum atomic E-state index is -1.13.